The Hall–Kier alpha value is -3.46. The van der Waals surface area contributed by atoms with E-state index in [9.17, 15) is 19.2 Å². The minimum atomic E-state index is -0.656. The van der Waals surface area contributed by atoms with Crippen LogP contribution in [0.3, 0.4) is 0 Å². The van der Waals surface area contributed by atoms with Crippen molar-refractivity contribution in [2.75, 3.05) is 46.2 Å². The second kappa shape index (κ2) is 13.9. The number of ether oxygens (including phenoxy) is 4. The molecule has 1 unspecified atom stereocenters. The molecule has 2 N–H and O–H groups in total. The summed E-state index contributed by atoms with van der Waals surface area (Å²) >= 11 is 0. The number of imide groups is 1. The number of nitrogens with one attached hydrogen (secondary N) is 2. The molecule has 4 amide bonds. The summed E-state index contributed by atoms with van der Waals surface area (Å²) in [5.74, 6) is 5.02. The van der Waals surface area contributed by atoms with Gasteiger partial charge in [-0.1, -0.05) is 17.9 Å². The fourth-order valence-corrected chi connectivity index (χ4v) is 3.94. The predicted octanol–water partition coefficient (Wildman–Crippen LogP) is 1.37. The lowest BCUT2D eigenvalue weighted by molar-refractivity contribution is -0.136. The third kappa shape index (κ3) is 8.83. The van der Waals surface area contributed by atoms with Gasteiger partial charge in [-0.15, -0.1) is 0 Å². The van der Waals surface area contributed by atoms with E-state index in [2.05, 4.69) is 22.5 Å². The molecule has 11 nitrogen and oxygen atoms in total. The van der Waals surface area contributed by atoms with Crippen LogP contribution in [0.1, 0.15) is 55.1 Å². The van der Waals surface area contributed by atoms with Crippen LogP contribution < -0.4 is 10.6 Å². The summed E-state index contributed by atoms with van der Waals surface area (Å²) < 4.78 is 21.4. The van der Waals surface area contributed by atoms with E-state index < -0.39 is 23.6 Å². The zero-order valence-corrected chi connectivity index (χ0v) is 22.1. The second-order valence-corrected chi connectivity index (χ2v) is 9.74. The molecule has 2 aliphatic heterocycles. The lowest BCUT2D eigenvalue weighted by atomic mass is 10.0. The first-order valence-electron chi connectivity index (χ1n) is 12.6. The van der Waals surface area contributed by atoms with Gasteiger partial charge in [0.25, 0.3) is 5.91 Å². The Morgan fingerprint density at radius 1 is 1.08 bits per heavy atom. The normalized spacial score (nSPS) is 17.0. The van der Waals surface area contributed by atoms with Crippen molar-refractivity contribution in [1.82, 2.24) is 15.5 Å². The molecule has 0 aliphatic carbocycles. The van der Waals surface area contributed by atoms with Gasteiger partial charge >= 0.3 is 6.09 Å². The number of fused-ring (bicyclic) bond motifs is 1. The minimum absolute atomic E-state index is 0.199. The third-order valence-corrected chi connectivity index (χ3v) is 5.64. The number of hydrogen-bond donors (Lipinski definition) is 2. The van der Waals surface area contributed by atoms with Crippen LogP contribution in [0.25, 0.3) is 0 Å². The Bertz CT molecular complexity index is 1090. The lowest BCUT2D eigenvalue weighted by Crippen LogP contribution is -2.52. The number of rotatable bonds is 11. The van der Waals surface area contributed by atoms with Gasteiger partial charge in [-0.05, 0) is 44.9 Å². The molecular weight excluding hydrogens is 494 g/mol. The molecule has 1 aromatic carbocycles. The molecule has 0 radical (unpaired) electrons. The van der Waals surface area contributed by atoms with Crippen LogP contribution in [0.5, 0.6) is 0 Å². The fourth-order valence-electron chi connectivity index (χ4n) is 3.94. The Balaban J connectivity index is 1.29. The molecule has 0 aromatic heterocycles. The monoisotopic (exact) mass is 529 g/mol. The molecule has 1 aromatic rings. The number of alkyl carbamates (subject to hydrolysis) is 1. The van der Waals surface area contributed by atoms with Gasteiger partial charge in [0.05, 0.1) is 33.0 Å². The van der Waals surface area contributed by atoms with Crippen molar-refractivity contribution in [1.29, 1.82) is 0 Å². The van der Waals surface area contributed by atoms with Gasteiger partial charge in [0, 0.05) is 30.6 Å². The van der Waals surface area contributed by atoms with Crippen LogP contribution in [0.2, 0.25) is 0 Å². The van der Waals surface area contributed by atoms with E-state index in [0.717, 1.165) is 5.56 Å². The summed E-state index contributed by atoms with van der Waals surface area (Å²) in [4.78, 5) is 49.5. The van der Waals surface area contributed by atoms with Crippen LogP contribution in [-0.2, 0) is 35.1 Å². The van der Waals surface area contributed by atoms with Crippen LogP contribution in [-0.4, -0.2) is 86.5 Å². The number of benzene rings is 1. The average molecular weight is 530 g/mol. The molecule has 0 spiro atoms. The van der Waals surface area contributed by atoms with Gasteiger partial charge < -0.3 is 29.2 Å². The van der Waals surface area contributed by atoms with Crippen molar-refractivity contribution < 1.29 is 38.1 Å². The molecule has 3 rings (SSSR count). The number of amides is 4. The second-order valence-electron chi connectivity index (χ2n) is 9.74. The third-order valence-electron chi connectivity index (χ3n) is 5.64. The summed E-state index contributed by atoms with van der Waals surface area (Å²) in [5.41, 5.74) is 1.48. The first-order chi connectivity index (χ1) is 18.2. The molecular formula is C27H35N3O8. The highest BCUT2D eigenvalue weighted by atomic mass is 16.6. The summed E-state index contributed by atoms with van der Waals surface area (Å²) in [6.07, 6.45) is 0.0560. The summed E-state index contributed by atoms with van der Waals surface area (Å²) in [6.45, 7) is 8.13. The molecule has 0 saturated carbocycles. The number of carbonyl (C=O) groups excluding carboxylic acids is 4. The van der Waals surface area contributed by atoms with Crippen LogP contribution in [0.15, 0.2) is 18.2 Å². The molecule has 11 heteroatoms. The van der Waals surface area contributed by atoms with Crippen molar-refractivity contribution in [2.24, 2.45) is 0 Å². The van der Waals surface area contributed by atoms with Crippen LogP contribution in [0, 0.1) is 11.8 Å². The maximum atomic E-state index is 12.9. The quantitative estimate of drug-likeness (QED) is 0.250. The Kier molecular flexibility index (Phi) is 10.6. The van der Waals surface area contributed by atoms with Gasteiger partial charge in [-0.2, -0.15) is 0 Å². The van der Waals surface area contributed by atoms with E-state index in [1.54, 1.807) is 32.9 Å². The maximum absolute atomic E-state index is 12.9. The molecule has 1 fully saturated rings. The largest absolute Gasteiger partial charge is 0.444 e. The molecule has 0 bridgehead atoms. The van der Waals surface area contributed by atoms with E-state index in [4.69, 9.17) is 18.9 Å². The lowest BCUT2D eigenvalue weighted by Gasteiger charge is -2.29. The zero-order chi connectivity index (χ0) is 27.5. The Morgan fingerprint density at radius 3 is 2.50 bits per heavy atom. The van der Waals surface area contributed by atoms with E-state index in [1.165, 1.54) is 4.90 Å². The molecule has 2 heterocycles. The van der Waals surface area contributed by atoms with Crippen molar-refractivity contribution in [3.8, 4) is 11.8 Å². The predicted molar refractivity (Wildman–Crippen MR) is 136 cm³/mol. The summed E-state index contributed by atoms with van der Waals surface area (Å²) in [7, 11) is 0. The van der Waals surface area contributed by atoms with E-state index in [1.807, 2.05) is 6.07 Å². The van der Waals surface area contributed by atoms with Crippen molar-refractivity contribution in [3.63, 3.8) is 0 Å². The Labute approximate surface area is 222 Å². The highest BCUT2D eigenvalue weighted by molar-refractivity contribution is 6.05. The molecule has 206 valence electrons. The Morgan fingerprint density at radius 2 is 1.79 bits per heavy atom. The summed E-state index contributed by atoms with van der Waals surface area (Å²) in [6, 6.07) is 4.67. The van der Waals surface area contributed by atoms with Crippen molar-refractivity contribution in [2.45, 2.75) is 51.8 Å². The minimum Gasteiger partial charge on any atom is -0.444 e. The molecule has 1 saturated heterocycles. The number of piperidine rings is 1. The van der Waals surface area contributed by atoms with Crippen LogP contribution >= 0.6 is 0 Å². The van der Waals surface area contributed by atoms with Gasteiger partial charge in [0.15, 0.2) is 0 Å². The molecule has 1 atom stereocenters. The SMILES string of the molecule is CC(C)(C)OC(=O)NCCOCCOCCOCC#Cc1cccc2c1CN(C1CCC(=O)NC1=O)C2=O. The first-order valence-corrected chi connectivity index (χ1v) is 12.6. The van der Waals surface area contributed by atoms with Gasteiger partial charge in [-0.25, -0.2) is 4.79 Å². The highest BCUT2D eigenvalue weighted by Crippen LogP contribution is 2.29. The van der Waals surface area contributed by atoms with E-state index in [0.29, 0.717) is 57.1 Å². The smallest absolute Gasteiger partial charge is 0.407 e. The van der Waals surface area contributed by atoms with E-state index >= 15 is 0 Å². The van der Waals surface area contributed by atoms with Gasteiger partial charge in [-0.3, -0.25) is 19.7 Å². The van der Waals surface area contributed by atoms with Crippen molar-refractivity contribution in [3.05, 3.63) is 34.9 Å². The first kappa shape index (κ1) is 29.1. The number of nitrogens with zero attached hydrogens (tertiary/aromatic N) is 1. The number of hydrogen-bond acceptors (Lipinski definition) is 8. The molecule has 38 heavy (non-hydrogen) atoms. The van der Waals surface area contributed by atoms with E-state index in [-0.39, 0.29) is 31.4 Å². The maximum Gasteiger partial charge on any atom is 0.407 e. The number of carbonyl (C=O) groups is 4. The average Bonchev–Trinajstić information content (AvgIpc) is 3.18. The van der Waals surface area contributed by atoms with Gasteiger partial charge in [0.1, 0.15) is 18.2 Å². The summed E-state index contributed by atoms with van der Waals surface area (Å²) in [5, 5.41) is 4.92. The standard InChI is InChI=1S/C27H35N3O8/c1-27(2,3)38-26(34)28-11-13-36-15-17-37-16-14-35-12-5-7-19-6-4-8-20-21(19)18-30(25(20)33)22-9-10-23(31)29-24(22)32/h4,6,8,22H,9-18H2,1-3H3,(H,28,34)(H,29,31,32). The molecule has 2 aliphatic rings. The van der Waals surface area contributed by atoms with Crippen molar-refractivity contribution >= 4 is 23.8 Å². The zero-order valence-electron chi connectivity index (χ0n) is 22.1. The fraction of sp³-hybridized carbons (Fsp3) is 0.556. The topological polar surface area (TPSA) is 132 Å². The van der Waals surface area contributed by atoms with Gasteiger partial charge in [0.2, 0.25) is 11.8 Å². The van der Waals surface area contributed by atoms with Crippen LogP contribution in [0.4, 0.5) is 4.79 Å². The highest BCUT2D eigenvalue weighted by Gasteiger charge is 2.39.